The number of carbonyl (C=O) groups is 2. The minimum absolute atomic E-state index is 0.0137. The lowest BCUT2D eigenvalue weighted by atomic mass is 9.98. The van der Waals surface area contributed by atoms with Crippen molar-refractivity contribution in [2.45, 2.75) is 29.8 Å². The Kier molecular flexibility index (Phi) is 8.26. The summed E-state index contributed by atoms with van der Waals surface area (Å²) >= 11 is 21.8. The molecule has 2 atom stereocenters. The number of hydrogen-bond donors (Lipinski definition) is 1. The fourth-order valence-electron chi connectivity index (χ4n) is 4.45. The second-order valence-electron chi connectivity index (χ2n) is 9.12. The van der Waals surface area contributed by atoms with E-state index < -0.39 is 50.3 Å². The Balaban J connectivity index is 1.55. The van der Waals surface area contributed by atoms with E-state index in [1.807, 2.05) is 0 Å². The van der Waals surface area contributed by atoms with E-state index >= 15 is 0 Å². The average molecular weight is 683 g/mol. The van der Waals surface area contributed by atoms with Crippen LogP contribution in [0.1, 0.15) is 38.5 Å². The summed E-state index contributed by atoms with van der Waals surface area (Å²) in [5.41, 5.74) is -0.801. The zero-order valence-electron chi connectivity index (χ0n) is 20.1. The third-order valence-corrected chi connectivity index (χ3v) is 8.41. The number of ketones is 1. The van der Waals surface area contributed by atoms with Crippen LogP contribution in [0, 0.1) is 28.8 Å². The van der Waals surface area contributed by atoms with Gasteiger partial charge in [0.2, 0.25) is 5.91 Å². The summed E-state index contributed by atoms with van der Waals surface area (Å²) < 4.78 is 51.8. The number of hydrogen-bond acceptors (Lipinski definition) is 4. The Labute approximate surface area is 247 Å². The Hall–Kier alpha value is -2.73. The zero-order valence-corrected chi connectivity index (χ0v) is 23.9. The van der Waals surface area contributed by atoms with Gasteiger partial charge in [-0.3, -0.25) is 19.7 Å². The number of benzene rings is 3. The molecule has 0 aromatic heterocycles. The van der Waals surface area contributed by atoms with E-state index in [2.05, 4.69) is 21.2 Å². The van der Waals surface area contributed by atoms with Crippen molar-refractivity contribution in [3.63, 3.8) is 0 Å². The van der Waals surface area contributed by atoms with Crippen LogP contribution in [0.15, 0.2) is 53.0 Å². The van der Waals surface area contributed by atoms with Crippen LogP contribution in [0.5, 0.6) is 0 Å². The molecule has 0 spiro atoms. The highest BCUT2D eigenvalue weighted by molar-refractivity contribution is 9.10. The largest absolute Gasteiger partial charge is 0.416 e. The van der Waals surface area contributed by atoms with Crippen molar-refractivity contribution in [1.82, 2.24) is 0 Å². The normalized spacial score (nSPS) is 17.8. The van der Waals surface area contributed by atoms with Crippen LogP contribution >= 0.6 is 50.7 Å². The first kappa shape index (κ1) is 30.2. The fraction of sp³-hybridized carbons (Fsp3) is 0.231. The summed E-state index contributed by atoms with van der Waals surface area (Å²) in [6.45, 7) is 1.51. The molecular formula is C26H16BrCl3F4N2O4. The van der Waals surface area contributed by atoms with Crippen LogP contribution in [0.25, 0.3) is 0 Å². The van der Waals surface area contributed by atoms with E-state index in [4.69, 9.17) is 34.8 Å². The number of carbonyl (C=O) groups excluding carboxylic acids is 2. The smallest absolute Gasteiger partial charge is 0.326 e. The first-order chi connectivity index (χ1) is 18.5. The first-order valence-electron chi connectivity index (χ1n) is 11.3. The molecule has 0 radical (unpaired) electrons. The standard InChI is InChI=1S/C26H16BrCl3F4N2O4/c1-11-12(2-4-18(27)23(11)36(39)40)8-20(37)17-10-16(3-5-19(17)28)35-24(38)22-21(25(22,29)30)13-6-14(26(32,33)34)9-15(31)7-13/h2-7,9-10,21-22H,8H2,1H3,(H,35,38)/t21-,22+/m0/s1. The molecule has 3 aromatic carbocycles. The van der Waals surface area contributed by atoms with Gasteiger partial charge in [-0.15, -0.1) is 23.2 Å². The van der Waals surface area contributed by atoms with Crippen molar-refractivity contribution >= 4 is 73.8 Å². The molecule has 1 N–H and O–H groups in total. The van der Waals surface area contributed by atoms with E-state index in [0.29, 0.717) is 23.3 Å². The molecule has 1 saturated carbocycles. The summed E-state index contributed by atoms with van der Waals surface area (Å²) in [5.74, 6) is -4.77. The van der Waals surface area contributed by atoms with Gasteiger partial charge in [-0.1, -0.05) is 17.7 Å². The lowest BCUT2D eigenvalue weighted by Gasteiger charge is -2.11. The molecule has 6 nitrogen and oxygen atoms in total. The summed E-state index contributed by atoms with van der Waals surface area (Å²) in [5, 5.41) is 14.0. The molecule has 0 heterocycles. The molecule has 14 heteroatoms. The monoisotopic (exact) mass is 680 g/mol. The number of halogens is 8. The second-order valence-corrected chi connectivity index (χ2v) is 11.8. The number of amides is 1. The fourth-order valence-corrected chi connectivity index (χ4v) is 6.08. The third-order valence-electron chi connectivity index (χ3n) is 6.50. The predicted octanol–water partition coefficient (Wildman–Crippen LogP) is 8.43. The van der Waals surface area contributed by atoms with Gasteiger partial charge in [0.15, 0.2) is 5.78 Å². The maximum absolute atomic E-state index is 13.9. The predicted molar refractivity (Wildman–Crippen MR) is 146 cm³/mol. The van der Waals surface area contributed by atoms with Crippen molar-refractivity contribution in [3.05, 3.63) is 102 Å². The number of alkyl halides is 5. The number of nitrogens with zero attached hydrogens (tertiary/aromatic N) is 1. The summed E-state index contributed by atoms with van der Waals surface area (Å²) in [6, 6.07) is 8.89. The van der Waals surface area contributed by atoms with Crippen LogP contribution in [-0.2, 0) is 17.4 Å². The molecule has 0 bridgehead atoms. The maximum atomic E-state index is 13.9. The van der Waals surface area contributed by atoms with Crippen LogP contribution in [-0.4, -0.2) is 20.9 Å². The van der Waals surface area contributed by atoms with E-state index in [-0.39, 0.29) is 38.4 Å². The maximum Gasteiger partial charge on any atom is 0.416 e. The molecule has 210 valence electrons. The zero-order chi connectivity index (χ0) is 29.7. The number of Topliss-reactive ketones (excluding diaryl/α,β-unsaturated/α-hetero) is 1. The highest BCUT2D eigenvalue weighted by Gasteiger charge is 2.67. The van der Waals surface area contributed by atoms with Crippen LogP contribution in [0.2, 0.25) is 5.02 Å². The van der Waals surface area contributed by atoms with Gasteiger partial charge in [0.1, 0.15) is 10.2 Å². The third kappa shape index (κ3) is 5.97. The van der Waals surface area contributed by atoms with Crippen molar-refractivity contribution in [3.8, 4) is 0 Å². The highest BCUT2D eigenvalue weighted by Crippen LogP contribution is 2.65. The number of rotatable bonds is 7. The molecule has 1 aliphatic carbocycles. The van der Waals surface area contributed by atoms with Gasteiger partial charge in [-0.05, 0) is 76.4 Å². The van der Waals surface area contributed by atoms with Crippen molar-refractivity contribution in [2.75, 3.05) is 5.32 Å². The summed E-state index contributed by atoms with van der Waals surface area (Å²) in [4.78, 5) is 36.9. The molecule has 1 fully saturated rings. The van der Waals surface area contributed by atoms with Crippen LogP contribution in [0.4, 0.5) is 28.9 Å². The Morgan fingerprint density at radius 2 is 1.80 bits per heavy atom. The summed E-state index contributed by atoms with van der Waals surface area (Å²) in [6.07, 6.45) is -5.05. The summed E-state index contributed by atoms with van der Waals surface area (Å²) in [7, 11) is 0. The molecule has 1 aliphatic rings. The lowest BCUT2D eigenvalue weighted by molar-refractivity contribution is -0.386. The first-order valence-corrected chi connectivity index (χ1v) is 13.3. The van der Waals surface area contributed by atoms with Gasteiger partial charge >= 0.3 is 6.18 Å². The molecular weight excluding hydrogens is 667 g/mol. The highest BCUT2D eigenvalue weighted by atomic mass is 79.9. The Bertz CT molecular complexity index is 1570. The van der Waals surface area contributed by atoms with E-state index in [1.165, 1.54) is 31.2 Å². The molecule has 4 rings (SSSR count). The number of anilines is 1. The molecule has 0 saturated heterocycles. The quantitative estimate of drug-likeness (QED) is 0.0891. The SMILES string of the molecule is Cc1c(CC(=O)c2cc(NC(=O)[C@H]3[C@H](c4cc(F)cc(C(F)(F)F)c4)C3(Cl)Cl)ccc2Cl)ccc(Br)c1[N+](=O)[O-]. The van der Waals surface area contributed by atoms with Crippen molar-refractivity contribution in [1.29, 1.82) is 0 Å². The number of nitro groups is 1. The van der Waals surface area contributed by atoms with Crippen molar-refractivity contribution in [2.24, 2.45) is 5.92 Å². The number of nitro benzene ring substituents is 1. The van der Waals surface area contributed by atoms with Gasteiger partial charge in [-0.2, -0.15) is 13.2 Å². The topological polar surface area (TPSA) is 89.3 Å². The molecule has 0 unspecified atom stereocenters. The van der Waals surface area contributed by atoms with Gasteiger partial charge < -0.3 is 5.32 Å². The van der Waals surface area contributed by atoms with Gasteiger partial charge in [0.05, 0.1) is 25.9 Å². The minimum atomic E-state index is -4.82. The second kappa shape index (κ2) is 10.9. The Morgan fingerprint density at radius 1 is 1.12 bits per heavy atom. The lowest BCUT2D eigenvalue weighted by Crippen LogP contribution is -2.17. The van der Waals surface area contributed by atoms with E-state index in [0.717, 1.165) is 6.07 Å². The van der Waals surface area contributed by atoms with Gasteiger partial charge in [0, 0.05) is 29.2 Å². The molecule has 40 heavy (non-hydrogen) atoms. The van der Waals surface area contributed by atoms with E-state index in [1.54, 1.807) is 6.07 Å². The van der Waals surface area contributed by atoms with Crippen molar-refractivity contribution < 1.29 is 32.1 Å². The van der Waals surface area contributed by atoms with Crippen LogP contribution < -0.4 is 5.32 Å². The Morgan fingerprint density at radius 3 is 2.42 bits per heavy atom. The number of nitrogens with one attached hydrogen (secondary N) is 1. The minimum Gasteiger partial charge on any atom is -0.326 e. The van der Waals surface area contributed by atoms with Crippen LogP contribution in [0.3, 0.4) is 0 Å². The molecule has 0 aliphatic heterocycles. The van der Waals surface area contributed by atoms with E-state index in [9.17, 15) is 37.3 Å². The van der Waals surface area contributed by atoms with Gasteiger partial charge in [-0.25, -0.2) is 4.39 Å². The molecule has 1 amide bonds. The average Bonchev–Trinajstić information content (AvgIpc) is 3.43. The van der Waals surface area contributed by atoms with Gasteiger partial charge in [0.25, 0.3) is 5.69 Å². The molecule has 3 aromatic rings.